The third-order valence-electron chi connectivity index (χ3n) is 3.89. The van der Waals surface area contributed by atoms with Gasteiger partial charge in [0.1, 0.15) is 11.4 Å². The Morgan fingerprint density at radius 2 is 1.96 bits per heavy atom. The lowest BCUT2D eigenvalue weighted by Crippen LogP contribution is -2.27. The van der Waals surface area contributed by atoms with Gasteiger partial charge in [-0.25, -0.2) is 0 Å². The largest absolute Gasteiger partial charge is 0.497 e. The summed E-state index contributed by atoms with van der Waals surface area (Å²) in [6.45, 7) is 1.95. The molecule has 1 aromatic heterocycles. The van der Waals surface area contributed by atoms with Crippen LogP contribution in [-0.2, 0) is 0 Å². The van der Waals surface area contributed by atoms with Crippen molar-refractivity contribution in [3.8, 4) is 5.75 Å². The first-order chi connectivity index (χ1) is 11.5. The highest BCUT2D eigenvalue weighted by Gasteiger charge is 2.18. The molecule has 2 aromatic carbocycles. The van der Waals surface area contributed by atoms with E-state index >= 15 is 0 Å². The van der Waals surface area contributed by atoms with E-state index in [4.69, 9.17) is 16.3 Å². The van der Waals surface area contributed by atoms with Crippen LogP contribution in [0, 0.1) is 3.57 Å². The van der Waals surface area contributed by atoms with Crippen molar-refractivity contribution in [3.63, 3.8) is 0 Å². The van der Waals surface area contributed by atoms with E-state index in [1.165, 1.54) is 0 Å². The molecule has 0 fully saturated rings. The maximum atomic E-state index is 12.6. The van der Waals surface area contributed by atoms with Crippen molar-refractivity contribution in [2.24, 2.45) is 0 Å². The van der Waals surface area contributed by atoms with Gasteiger partial charge in [-0.05, 0) is 65.4 Å². The predicted octanol–water partition coefficient (Wildman–Crippen LogP) is 4.93. The Balaban J connectivity index is 1.82. The lowest BCUT2D eigenvalue weighted by Gasteiger charge is -2.14. The van der Waals surface area contributed by atoms with Gasteiger partial charge in [0.25, 0.3) is 5.91 Å². The highest BCUT2D eigenvalue weighted by molar-refractivity contribution is 14.1. The van der Waals surface area contributed by atoms with Crippen LogP contribution in [-0.4, -0.2) is 18.0 Å². The zero-order chi connectivity index (χ0) is 17.3. The van der Waals surface area contributed by atoms with E-state index in [0.717, 1.165) is 25.8 Å². The van der Waals surface area contributed by atoms with Crippen LogP contribution in [0.15, 0.2) is 42.5 Å². The molecular formula is C18H16ClIN2O2. The van der Waals surface area contributed by atoms with E-state index in [-0.39, 0.29) is 11.9 Å². The number of hydrogen-bond donors (Lipinski definition) is 2. The average Bonchev–Trinajstić information content (AvgIpc) is 2.91. The van der Waals surface area contributed by atoms with E-state index in [2.05, 4.69) is 32.9 Å². The lowest BCUT2D eigenvalue weighted by molar-refractivity contribution is 0.0935. The molecular weight excluding hydrogens is 439 g/mol. The molecule has 3 aromatic rings. The molecule has 0 radical (unpaired) electrons. The molecule has 24 heavy (non-hydrogen) atoms. The molecule has 4 nitrogen and oxygen atoms in total. The normalized spacial score (nSPS) is 12.2. The first kappa shape index (κ1) is 17.1. The quantitative estimate of drug-likeness (QED) is 0.550. The Morgan fingerprint density at radius 1 is 1.25 bits per heavy atom. The molecule has 0 saturated carbocycles. The second-order valence-corrected chi connectivity index (χ2v) is 6.99. The van der Waals surface area contributed by atoms with E-state index in [1.54, 1.807) is 13.2 Å². The summed E-state index contributed by atoms with van der Waals surface area (Å²) in [6, 6.07) is 13.1. The van der Waals surface area contributed by atoms with Gasteiger partial charge in [0.05, 0.1) is 16.7 Å². The average molecular weight is 455 g/mol. The second-order valence-electron chi connectivity index (χ2n) is 5.47. The number of fused-ring (bicyclic) bond motifs is 1. The fourth-order valence-electron chi connectivity index (χ4n) is 2.53. The number of hydrogen-bond acceptors (Lipinski definition) is 2. The smallest absolute Gasteiger partial charge is 0.269 e. The molecule has 0 saturated heterocycles. The van der Waals surface area contributed by atoms with Gasteiger partial charge in [0.15, 0.2) is 0 Å². The van der Waals surface area contributed by atoms with Crippen LogP contribution in [0.2, 0.25) is 5.02 Å². The summed E-state index contributed by atoms with van der Waals surface area (Å²) in [6.07, 6.45) is 0. The number of aromatic nitrogens is 1. The molecule has 124 valence electrons. The van der Waals surface area contributed by atoms with Crippen LogP contribution in [0.3, 0.4) is 0 Å². The van der Waals surface area contributed by atoms with Crippen molar-refractivity contribution in [3.05, 3.63) is 62.3 Å². The summed E-state index contributed by atoms with van der Waals surface area (Å²) in [4.78, 5) is 15.8. The summed E-state index contributed by atoms with van der Waals surface area (Å²) in [5.74, 6) is 0.648. The Labute approximate surface area is 158 Å². The molecule has 2 N–H and O–H groups in total. The van der Waals surface area contributed by atoms with Crippen LogP contribution in [0.25, 0.3) is 10.9 Å². The number of halogens is 2. The molecule has 0 spiro atoms. The van der Waals surface area contributed by atoms with Crippen molar-refractivity contribution in [2.45, 2.75) is 13.0 Å². The summed E-state index contributed by atoms with van der Waals surface area (Å²) in [5.41, 5.74) is 2.46. The molecule has 6 heteroatoms. The van der Waals surface area contributed by atoms with Crippen molar-refractivity contribution in [1.29, 1.82) is 0 Å². The van der Waals surface area contributed by atoms with Crippen LogP contribution in [0.5, 0.6) is 5.75 Å². The van der Waals surface area contributed by atoms with Crippen molar-refractivity contribution >= 4 is 51.0 Å². The maximum absolute atomic E-state index is 12.6. The molecule has 0 bridgehead atoms. The van der Waals surface area contributed by atoms with Gasteiger partial charge in [0.2, 0.25) is 0 Å². The number of benzene rings is 2. The molecule has 3 rings (SSSR count). The Bertz CT molecular complexity index is 890. The second kappa shape index (κ2) is 7.03. The Kier molecular flexibility index (Phi) is 5.01. The minimum absolute atomic E-state index is 0.116. The Morgan fingerprint density at radius 3 is 2.62 bits per heavy atom. The van der Waals surface area contributed by atoms with Crippen molar-refractivity contribution < 1.29 is 9.53 Å². The molecule has 0 unspecified atom stereocenters. The third-order valence-corrected chi connectivity index (χ3v) is 5.24. The number of carbonyl (C=O) groups is 1. The van der Waals surface area contributed by atoms with E-state index in [0.29, 0.717) is 10.7 Å². The van der Waals surface area contributed by atoms with E-state index in [9.17, 15) is 4.79 Å². The van der Waals surface area contributed by atoms with Crippen molar-refractivity contribution in [1.82, 2.24) is 10.3 Å². The molecule has 0 aliphatic carbocycles. The van der Waals surface area contributed by atoms with Gasteiger partial charge in [-0.2, -0.15) is 0 Å². The number of methoxy groups -OCH3 is 1. The summed E-state index contributed by atoms with van der Waals surface area (Å²) >= 11 is 8.21. The van der Waals surface area contributed by atoms with Gasteiger partial charge in [0, 0.05) is 15.9 Å². The highest BCUT2D eigenvalue weighted by Crippen LogP contribution is 2.27. The topological polar surface area (TPSA) is 54.1 Å². The molecule has 0 aliphatic heterocycles. The molecule has 1 atom stereocenters. The predicted molar refractivity (Wildman–Crippen MR) is 105 cm³/mol. The number of H-pyrrole nitrogens is 1. The highest BCUT2D eigenvalue weighted by atomic mass is 127. The Hall–Kier alpha value is -1.73. The van der Waals surface area contributed by atoms with E-state index in [1.807, 2.05) is 43.3 Å². The zero-order valence-corrected chi connectivity index (χ0v) is 16.1. The molecule has 0 aliphatic rings. The SMILES string of the molecule is COc1ccc([C@H](C)NC(=O)c2[nH]c3ccc(Cl)cc3c2I)cc1. The van der Waals surface area contributed by atoms with Gasteiger partial charge < -0.3 is 15.0 Å². The fraction of sp³-hybridized carbons (Fsp3) is 0.167. The number of amides is 1. The number of nitrogens with one attached hydrogen (secondary N) is 2. The number of carbonyl (C=O) groups excluding carboxylic acids is 1. The minimum atomic E-state index is -0.143. The lowest BCUT2D eigenvalue weighted by atomic mass is 10.1. The first-order valence-electron chi connectivity index (χ1n) is 7.41. The fourth-order valence-corrected chi connectivity index (χ4v) is 3.53. The standard InChI is InChI=1S/C18H16ClIN2O2/c1-10(11-3-6-13(24-2)7-4-11)21-18(23)17-16(20)14-9-12(19)5-8-15(14)22-17/h3-10,22H,1-2H3,(H,21,23)/t10-/m0/s1. The first-order valence-corrected chi connectivity index (χ1v) is 8.87. The van der Waals surface area contributed by atoms with Gasteiger partial charge in [-0.1, -0.05) is 23.7 Å². The van der Waals surface area contributed by atoms with Crippen molar-refractivity contribution in [2.75, 3.05) is 7.11 Å². The monoisotopic (exact) mass is 454 g/mol. The third kappa shape index (κ3) is 3.37. The number of aromatic amines is 1. The van der Waals surface area contributed by atoms with Crippen LogP contribution < -0.4 is 10.1 Å². The number of ether oxygens (including phenoxy) is 1. The van der Waals surface area contributed by atoms with Gasteiger partial charge in [-0.15, -0.1) is 0 Å². The molecule has 1 amide bonds. The maximum Gasteiger partial charge on any atom is 0.269 e. The number of rotatable bonds is 4. The van der Waals surface area contributed by atoms with Gasteiger partial charge >= 0.3 is 0 Å². The summed E-state index contributed by atoms with van der Waals surface area (Å²) in [5, 5.41) is 4.62. The van der Waals surface area contributed by atoms with Gasteiger partial charge in [-0.3, -0.25) is 4.79 Å². The van der Waals surface area contributed by atoms with Crippen LogP contribution >= 0.6 is 34.2 Å². The summed E-state index contributed by atoms with van der Waals surface area (Å²) < 4.78 is 6.02. The van der Waals surface area contributed by atoms with Crippen LogP contribution in [0.1, 0.15) is 29.0 Å². The molecule has 1 heterocycles. The summed E-state index contributed by atoms with van der Waals surface area (Å²) in [7, 11) is 1.63. The van der Waals surface area contributed by atoms with E-state index < -0.39 is 0 Å². The minimum Gasteiger partial charge on any atom is -0.497 e. The van der Waals surface area contributed by atoms with Crippen LogP contribution in [0.4, 0.5) is 0 Å². The zero-order valence-electron chi connectivity index (χ0n) is 13.2.